The molecule has 1 N–H and O–H groups in total. The highest BCUT2D eigenvalue weighted by atomic mass is 16.6. The third-order valence-electron chi connectivity index (χ3n) is 2.25. The Morgan fingerprint density at radius 1 is 1.26 bits per heavy atom. The van der Waals surface area contributed by atoms with E-state index in [1.54, 1.807) is 6.08 Å². The summed E-state index contributed by atoms with van der Waals surface area (Å²) in [6, 6.07) is 7.99. The number of hydrogen-bond donors (Lipinski definition) is 1. The van der Waals surface area contributed by atoms with Crippen molar-refractivity contribution in [3.05, 3.63) is 48.0 Å². The molecule has 0 unspecified atom stereocenters. The number of carbonyl (C=O) groups excluding carboxylic acids is 1. The van der Waals surface area contributed by atoms with E-state index in [0.717, 1.165) is 11.1 Å². The maximum atomic E-state index is 11.4. The molecule has 0 saturated carbocycles. The SMILES string of the molecule is C=Cc1ccc(C=CCNC(=O)OC(C)(C)C)cc1. The molecule has 0 atom stereocenters. The van der Waals surface area contributed by atoms with Gasteiger partial charge in [-0.15, -0.1) is 0 Å². The summed E-state index contributed by atoms with van der Waals surface area (Å²) < 4.78 is 5.13. The Bertz CT molecular complexity index is 453. The number of alkyl carbamates (subject to hydrolysis) is 1. The van der Waals surface area contributed by atoms with E-state index in [9.17, 15) is 4.79 Å². The fraction of sp³-hybridized carbons (Fsp3) is 0.312. The largest absolute Gasteiger partial charge is 0.444 e. The Labute approximate surface area is 115 Å². The van der Waals surface area contributed by atoms with Gasteiger partial charge in [-0.05, 0) is 31.9 Å². The topological polar surface area (TPSA) is 38.3 Å². The van der Waals surface area contributed by atoms with Gasteiger partial charge in [-0.2, -0.15) is 0 Å². The number of nitrogens with one attached hydrogen (secondary N) is 1. The van der Waals surface area contributed by atoms with Crippen LogP contribution in [0, 0.1) is 0 Å². The lowest BCUT2D eigenvalue weighted by molar-refractivity contribution is 0.0534. The van der Waals surface area contributed by atoms with Crippen LogP contribution in [0.4, 0.5) is 4.79 Å². The molecule has 0 bridgehead atoms. The molecule has 0 heterocycles. The van der Waals surface area contributed by atoms with E-state index in [4.69, 9.17) is 4.74 Å². The van der Waals surface area contributed by atoms with Gasteiger partial charge < -0.3 is 10.1 Å². The second-order valence-corrected chi connectivity index (χ2v) is 5.16. The molecule has 0 saturated heterocycles. The van der Waals surface area contributed by atoms with Crippen LogP contribution in [0.2, 0.25) is 0 Å². The average Bonchev–Trinajstić information content (AvgIpc) is 2.33. The van der Waals surface area contributed by atoms with Gasteiger partial charge in [0.15, 0.2) is 0 Å². The zero-order chi connectivity index (χ0) is 14.3. The van der Waals surface area contributed by atoms with Crippen LogP contribution in [-0.4, -0.2) is 18.2 Å². The Morgan fingerprint density at radius 3 is 2.37 bits per heavy atom. The normalized spacial score (nSPS) is 11.3. The zero-order valence-corrected chi connectivity index (χ0v) is 11.8. The molecule has 0 fully saturated rings. The lowest BCUT2D eigenvalue weighted by Gasteiger charge is -2.19. The van der Waals surface area contributed by atoms with Gasteiger partial charge in [0.1, 0.15) is 5.60 Å². The van der Waals surface area contributed by atoms with Crippen molar-refractivity contribution in [2.75, 3.05) is 6.54 Å². The minimum absolute atomic E-state index is 0.404. The van der Waals surface area contributed by atoms with Gasteiger partial charge in [0.25, 0.3) is 0 Å². The van der Waals surface area contributed by atoms with Gasteiger partial charge in [0, 0.05) is 6.54 Å². The molecule has 0 spiro atoms. The molecule has 0 aliphatic heterocycles. The van der Waals surface area contributed by atoms with E-state index in [0.29, 0.717) is 6.54 Å². The van der Waals surface area contributed by atoms with E-state index in [2.05, 4.69) is 11.9 Å². The van der Waals surface area contributed by atoms with Crippen LogP contribution >= 0.6 is 0 Å². The third-order valence-corrected chi connectivity index (χ3v) is 2.25. The van der Waals surface area contributed by atoms with Gasteiger partial charge in [-0.3, -0.25) is 0 Å². The Hall–Kier alpha value is -2.03. The maximum absolute atomic E-state index is 11.4. The molecule has 0 aliphatic rings. The maximum Gasteiger partial charge on any atom is 0.407 e. The summed E-state index contributed by atoms with van der Waals surface area (Å²) in [6.45, 7) is 9.66. The molecule has 3 heteroatoms. The van der Waals surface area contributed by atoms with Crippen molar-refractivity contribution < 1.29 is 9.53 Å². The summed E-state index contributed by atoms with van der Waals surface area (Å²) in [5.41, 5.74) is 1.70. The van der Waals surface area contributed by atoms with Crippen LogP contribution < -0.4 is 5.32 Å². The first kappa shape index (κ1) is 15.0. The van der Waals surface area contributed by atoms with Gasteiger partial charge >= 0.3 is 6.09 Å². The molecule has 0 aromatic heterocycles. The predicted octanol–water partition coefficient (Wildman–Crippen LogP) is 3.87. The summed E-state index contributed by atoms with van der Waals surface area (Å²) in [5, 5.41) is 2.67. The van der Waals surface area contributed by atoms with Crippen LogP contribution in [0.15, 0.2) is 36.9 Å². The fourth-order valence-corrected chi connectivity index (χ4v) is 1.39. The summed E-state index contributed by atoms with van der Waals surface area (Å²) >= 11 is 0. The summed E-state index contributed by atoms with van der Waals surface area (Å²) in [5.74, 6) is 0. The second kappa shape index (κ2) is 6.78. The van der Waals surface area contributed by atoms with E-state index in [1.165, 1.54) is 0 Å². The van der Waals surface area contributed by atoms with E-state index in [1.807, 2.05) is 57.2 Å². The average molecular weight is 259 g/mol. The molecule has 1 rings (SSSR count). The van der Waals surface area contributed by atoms with E-state index >= 15 is 0 Å². The van der Waals surface area contributed by atoms with Gasteiger partial charge in [0.2, 0.25) is 0 Å². The van der Waals surface area contributed by atoms with Crippen LogP contribution in [0.5, 0.6) is 0 Å². The van der Waals surface area contributed by atoms with Gasteiger partial charge in [-0.25, -0.2) is 4.79 Å². The first-order chi connectivity index (χ1) is 8.90. The standard InChI is InChI=1S/C16H21NO2/c1-5-13-8-10-14(11-9-13)7-6-12-17-15(18)19-16(2,3)4/h5-11H,1,12H2,2-4H3,(H,17,18). The number of benzene rings is 1. The highest BCUT2D eigenvalue weighted by Gasteiger charge is 2.14. The van der Waals surface area contributed by atoms with Crippen LogP contribution in [0.3, 0.4) is 0 Å². The van der Waals surface area contributed by atoms with Crippen molar-refractivity contribution in [3.63, 3.8) is 0 Å². The fourth-order valence-electron chi connectivity index (χ4n) is 1.39. The molecule has 1 amide bonds. The monoisotopic (exact) mass is 259 g/mol. The first-order valence-corrected chi connectivity index (χ1v) is 6.26. The molecule has 19 heavy (non-hydrogen) atoms. The number of amides is 1. The van der Waals surface area contributed by atoms with E-state index < -0.39 is 11.7 Å². The number of rotatable bonds is 4. The molecule has 3 nitrogen and oxygen atoms in total. The predicted molar refractivity (Wildman–Crippen MR) is 79.8 cm³/mol. The second-order valence-electron chi connectivity index (χ2n) is 5.16. The van der Waals surface area contributed by atoms with Gasteiger partial charge in [0.05, 0.1) is 0 Å². The lowest BCUT2D eigenvalue weighted by Crippen LogP contribution is -2.32. The van der Waals surface area contributed by atoms with E-state index in [-0.39, 0.29) is 0 Å². The Kier molecular flexibility index (Phi) is 5.37. The summed E-state index contributed by atoms with van der Waals surface area (Å²) in [7, 11) is 0. The number of carbonyl (C=O) groups is 1. The third kappa shape index (κ3) is 6.46. The van der Waals surface area contributed by atoms with Crippen LogP contribution in [0.1, 0.15) is 31.9 Å². The molecule has 102 valence electrons. The van der Waals surface area contributed by atoms with Crippen molar-refractivity contribution in [2.24, 2.45) is 0 Å². The van der Waals surface area contributed by atoms with Crippen LogP contribution in [0.25, 0.3) is 12.2 Å². The van der Waals surface area contributed by atoms with Crippen molar-refractivity contribution in [1.29, 1.82) is 0 Å². The van der Waals surface area contributed by atoms with Gasteiger partial charge in [-0.1, -0.05) is 49.1 Å². The Morgan fingerprint density at radius 2 is 1.84 bits per heavy atom. The highest BCUT2D eigenvalue weighted by molar-refractivity contribution is 5.68. The lowest BCUT2D eigenvalue weighted by atomic mass is 10.1. The van der Waals surface area contributed by atoms with Crippen molar-refractivity contribution in [1.82, 2.24) is 5.32 Å². The molecule has 0 aliphatic carbocycles. The smallest absolute Gasteiger partial charge is 0.407 e. The molecular weight excluding hydrogens is 238 g/mol. The number of ether oxygens (including phenoxy) is 1. The number of hydrogen-bond acceptors (Lipinski definition) is 2. The minimum Gasteiger partial charge on any atom is -0.444 e. The van der Waals surface area contributed by atoms with Crippen LogP contribution in [-0.2, 0) is 4.74 Å². The summed E-state index contributed by atoms with van der Waals surface area (Å²) in [6.07, 6.45) is 5.23. The first-order valence-electron chi connectivity index (χ1n) is 6.26. The highest BCUT2D eigenvalue weighted by Crippen LogP contribution is 2.07. The van der Waals surface area contributed by atoms with Crippen molar-refractivity contribution >= 4 is 18.2 Å². The molecule has 1 aromatic rings. The summed E-state index contributed by atoms with van der Waals surface area (Å²) in [4.78, 5) is 11.4. The van der Waals surface area contributed by atoms with Crippen molar-refractivity contribution in [3.8, 4) is 0 Å². The minimum atomic E-state index is -0.464. The Balaban J connectivity index is 2.37. The zero-order valence-electron chi connectivity index (χ0n) is 11.8. The molecule has 0 radical (unpaired) electrons. The quantitative estimate of drug-likeness (QED) is 0.891. The van der Waals surface area contributed by atoms with Crippen molar-refractivity contribution in [2.45, 2.75) is 26.4 Å². The molecular formula is C16H21NO2. The molecule has 1 aromatic carbocycles.